The van der Waals surface area contributed by atoms with Gasteiger partial charge < -0.3 is 24.0 Å². The lowest BCUT2D eigenvalue weighted by molar-refractivity contribution is 0.282. The molecule has 9 heteroatoms. The van der Waals surface area contributed by atoms with E-state index >= 15 is 0 Å². The minimum Gasteiger partial charge on any atom is -0.392 e. The lowest BCUT2D eigenvalue weighted by Gasteiger charge is -2.27. The standard InChI is InChI=1S/C42H29N3OS.C42H29N3S/c46-27-28-12-16-31(17-13-28)44(33-20-21-41-36(26-33)34-6-2-4-11-40(34)47-41)38-9-5-10-39-42(38)35-7-1-3-8-37(35)45(39)32-18-14-29(15-19-32)30-22-24-43-25-23-30;1-28-13-17-31(18-14-28)44(33-21-22-41-36(27-33)34-7-3-5-12-40(34)46-41)38-10-6-11-39-42(38)35-8-2-4-9-37(35)45(39)32-19-15-29(16-20-32)30-23-25-43-26-24-30/h1-26,46H,27H2;2-27H,1H3. The monoisotopic (exact) mass is 1230 g/mol. The molecule has 6 heterocycles. The van der Waals surface area contributed by atoms with E-state index in [9.17, 15) is 5.11 Å². The normalized spacial score (nSPS) is 11.6. The topological polar surface area (TPSA) is 62.4 Å². The Labute approximate surface area is 545 Å². The second-order valence-electron chi connectivity index (χ2n) is 23.5. The first-order valence-electron chi connectivity index (χ1n) is 31.2. The van der Waals surface area contributed by atoms with Gasteiger partial charge in [-0.2, -0.15) is 0 Å². The van der Waals surface area contributed by atoms with Crippen LogP contribution in [0, 0.1) is 6.92 Å². The Bertz CT molecular complexity index is 5800. The molecule has 0 saturated carbocycles. The lowest BCUT2D eigenvalue weighted by atomic mass is 10.1. The summed E-state index contributed by atoms with van der Waals surface area (Å²) >= 11 is 3.69. The average molecular weight is 1230 g/mol. The third-order valence-corrected chi connectivity index (χ3v) is 20.3. The molecular formula is C84H58N6OS2. The Morgan fingerprint density at radius 1 is 0.323 bits per heavy atom. The van der Waals surface area contributed by atoms with Gasteiger partial charge in [-0.3, -0.25) is 9.97 Å². The van der Waals surface area contributed by atoms with Gasteiger partial charge in [0, 0.05) is 121 Å². The van der Waals surface area contributed by atoms with Gasteiger partial charge in [0.1, 0.15) is 0 Å². The van der Waals surface area contributed by atoms with Crippen LogP contribution in [0.3, 0.4) is 0 Å². The van der Waals surface area contributed by atoms with Crippen molar-refractivity contribution in [3.63, 3.8) is 0 Å². The van der Waals surface area contributed by atoms with Gasteiger partial charge in [-0.05, 0) is 192 Å². The molecule has 18 aromatic rings. The number of nitrogens with zero attached hydrogens (tertiary/aromatic N) is 6. The summed E-state index contributed by atoms with van der Waals surface area (Å²) < 4.78 is 9.95. The predicted molar refractivity (Wildman–Crippen MR) is 394 cm³/mol. The number of para-hydroxylation sites is 2. The van der Waals surface area contributed by atoms with Crippen LogP contribution in [0.25, 0.3) is 118 Å². The summed E-state index contributed by atoms with van der Waals surface area (Å²) in [6.45, 7) is 2.15. The zero-order valence-corrected chi connectivity index (χ0v) is 52.3. The maximum Gasteiger partial charge on any atom is 0.0681 e. The molecule has 6 aromatic heterocycles. The number of rotatable bonds is 11. The Morgan fingerprint density at radius 2 is 0.688 bits per heavy atom. The molecule has 0 fully saturated rings. The molecule has 1 N–H and O–H groups in total. The van der Waals surface area contributed by atoms with Gasteiger partial charge in [-0.1, -0.05) is 139 Å². The molecule has 0 saturated heterocycles. The summed E-state index contributed by atoms with van der Waals surface area (Å²) in [6.07, 6.45) is 7.35. The number of fused-ring (bicyclic) bond motifs is 12. The van der Waals surface area contributed by atoms with Crippen LogP contribution in [0.1, 0.15) is 11.1 Å². The number of aromatic nitrogens is 4. The van der Waals surface area contributed by atoms with Crippen LogP contribution in [0.15, 0.2) is 316 Å². The zero-order chi connectivity index (χ0) is 61.9. The van der Waals surface area contributed by atoms with Crippen molar-refractivity contribution in [3.8, 4) is 33.6 Å². The minimum atomic E-state index is 0.0101. The van der Waals surface area contributed by atoms with E-state index in [4.69, 9.17) is 0 Å². The van der Waals surface area contributed by atoms with Crippen LogP contribution in [0.2, 0.25) is 0 Å². The number of aryl methyl sites for hydroxylation is 1. The summed E-state index contributed by atoms with van der Waals surface area (Å²) in [5.41, 5.74) is 20.3. The van der Waals surface area contributed by atoms with Crippen LogP contribution in [-0.4, -0.2) is 24.2 Å². The van der Waals surface area contributed by atoms with E-state index < -0.39 is 0 Å². The fraction of sp³-hybridized carbons (Fsp3) is 0.0238. The summed E-state index contributed by atoms with van der Waals surface area (Å²) in [6, 6.07) is 105. The molecule has 0 unspecified atom stereocenters. The quantitative estimate of drug-likeness (QED) is 0.140. The Morgan fingerprint density at radius 3 is 1.13 bits per heavy atom. The van der Waals surface area contributed by atoms with E-state index in [0.29, 0.717) is 0 Å². The molecular weight excluding hydrogens is 1170 g/mol. The number of benzene rings is 12. The third kappa shape index (κ3) is 9.85. The van der Waals surface area contributed by atoms with E-state index in [1.165, 1.54) is 84.0 Å². The van der Waals surface area contributed by atoms with Crippen molar-refractivity contribution in [1.82, 2.24) is 19.1 Å². The van der Waals surface area contributed by atoms with E-state index in [0.717, 1.165) is 78.8 Å². The van der Waals surface area contributed by atoms with E-state index in [1.54, 1.807) is 0 Å². The van der Waals surface area contributed by atoms with Crippen LogP contribution < -0.4 is 9.80 Å². The van der Waals surface area contributed by atoms with Crippen LogP contribution in [-0.2, 0) is 6.61 Å². The Hall–Kier alpha value is -11.5. The molecule has 12 aromatic carbocycles. The van der Waals surface area contributed by atoms with E-state index in [-0.39, 0.29) is 6.61 Å². The number of pyridine rings is 2. The minimum absolute atomic E-state index is 0.0101. The van der Waals surface area contributed by atoms with Crippen LogP contribution in [0.4, 0.5) is 34.1 Å². The van der Waals surface area contributed by atoms with Gasteiger partial charge in [-0.15, -0.1) is 22.7 Å². The first-order valence-corrected chi connectivity index (χ1v) is 32.9. The molecule has 0 aliphatic rings. The molecule has 0 aliphatic carbocycles. The molecule has 0 radical (unpaired) electrons. The van der Waals surface area contributed by atoms with Crippen molar-refractivity contribution < 1.29 is 5.11 Å². The third-order valence-electron chi connectivity index (χ3n) is 18.0. The van der Waals surface area contributed by atoms with Crippen molar-refractivity contribution in [3.05, 3.63) is 327 Å². The zero-order valence-electron chi connectivity index (χ0n) is 50.7. The number of aliphatic hydroxyl groups excluding tert-OH is 1. The van der Waals surface area contributed by atoms with Crippen molar-refractivity contribution >= 4 is 141 Å². The number of anilines is 6. The van der Waals surface area contributed by atoms with Crippen molar-refractivity contribution in [2.24, 2.45) is 0 Å². The number of aliphatic hydroxyl groups is 1. The smallest absolute Gasteiger partial charge is 0.0681 e. The second kappa shape index (κ2) is 23.4. The lowest BCUT2D eigenvalue weighted by Crippen LogP contribution is -2.10. The molecule has 7 nitrogen and oxygen atoms in total. The summed E-state index contributed by atoms with van der Waals surface area (Å²) in [5, 5.41) is 19.8. The van der Waals surface area contributed by atoms with Gasteiger partial charge in [0.05, 0.1) is 40.0 Å². The average Bonchev–Trinajstić information content (AvgIpc) is 1.60. The highest BCUT2D eigenvalue weighted by Gasteiger charge is 2.24. The highest BCUT2D eigenvalue weighted by atomic mass is 32.1. The fourth-order valence-corrected chi connectivity index (χ4v) is 15.8. The SMILES string of the molecule is Cc1ccc(N(c2ccc3sc4ccccc4c3c2)c2cccc3c2c2ccccc2n3-c2ccc(-c3ccncc3)cc2)cc1.OCc1ccc(N(c2ccc3sc4ccccc4c3c2)c2cccc3c2c2ccccc2n3-c2ccc(-c3ccncc3)cc2)cc1. The molecule has 0 bridgehead atoms. The largest absolute Gasteiger partial charge is 0.392 e. The van der Waals surface area contributed by atoms with Gasteiger partial charge in [-0.25, -0.2) is 0 Å². The Balaban J connectivity index is 0.000000142. The first-order chi connectivity index (χ1) is 46.0. The molecule has 0 spiro atoms. The Kier molecular flexibility index (Phi) is 14.0. The maximum absolute atomic E-state index is 9.83. The molecule has 442 valence electrons. The van der Waals surface area contributed by atoms with Gasteiger partial charge in [0.2, 0.25) is 0 Å². The molecule has 0 amide bonds. The highest BCUT2D eigenvalue weighted by molar-refractivity contribution is 7.26. The van der Waals surface area contributed by atoms with Gasteiger partial charge in [0.15, 0.2) is 0 Å². The number of hydrogen-bond acceptors (Lipinski definition) is 7. The first kappa shape index (κ1) is 55.6. The van der Waals surface area contributed by atoms with E-state index in [2.05, 4.69) is 303 Å². The van der Waals surface area contributed by atoms with Crippen molar-refractivity contribution in [2.45, 2.75) is 13.5 Å². The summed E-state index contributed by atoms with van der Waals surface area (Å²) in [4.78, 5) is 13.2. The predicted octanol–water partition coefficient (Wildman–Crippen LogP) is 23.2. The van der Waals surface area contributed by atoms with Crippen molar-refractivity contribution in [2.75, 3.05) is 9.80 Å². The highest BCUT2D eigenvalue weighted by Crippen LogP contribution is 2.48. The van der Waals surface area contributed by atoms with E-state index in [1.807, 2.05) is 71.7 Å². The summed E-state index contributed by atoms with van der Waals surface area (Å²) in [5.74, 6) is 0. The summed E-state index contributed by atoms with van der Waals surface area (Å²) in [7, 11) is 0. The van der Waals surface area contributed by atoms with Crippen molar-refractivity contribution in [1.29, 1.82) is 0 Å². The number of thiophene rings is 2. The molecule has 0 aliphatic heterocycles. The van der Waals surface area contributed by atoms with Crippen LogP contribution in [0.5, 0.6) is 0 Å². The maximum atomic E-state index is 9.83. The fourth-order valence-electron chi connectivity index (χ4n) is 13.6. The molecule has 93 heavy (non-hydrogen) atoms. The van der Waals surface area contributed by atoms with Crippen LogP contribution >= 0.6 is 22.7 Å². The number of hydrogen-bond donors (Lipinski definition) is 1. The molecule has 0 atom stereocenters. The second-order valence-corrected chi connectivity index (χ2v) is 25.7. The van der Waals surface area contributed by atoms with Gasteiger partial charge >= 0.3 is 0 Å². The van der Waals surface area contributed by atoms with Gasteiger partial charge in [0.25, 0.3) is 0 Å². The molecule has 18 rings (SSSR count).